The molecule has 0 bridgehead atoms. The number of aromatic nitrogens is 2. The third-order valence-electron chi connectivity index (χ3n) is 6.00. The van der Waals surface area contributed by atoms with Crippen LogP contribution in [0.1, 0.15) is 11.1 Å². The minimum Gasteiger partial charge on any atom is -0.384 e. The maximum Gasteiger partial charge on any atom is 0.123 e. The summed E-state index contributed by atoms with van der Waals surface area (Å²) in [5.41, 5.74) is 12.4. The number of benzene rings is 1. The number of nitrogens with one attached hydrogen (secondary N) is 1. The molecular formula is C22H25N5. The van der Waals surface area contributed by atoms with Gasteiger partial charge in [-0.15, -0.1) is 0 Å². The number of pyridine rings is 1. The van der Waals surface area contributed by atoms with E-state index in [1.807, 2.05) is 12.1 Å². The Labute approximate surface area is 159 Å². The zero-order valence-corrected chi connectivity index (χ0v) is 15.8. The molecule has 3 aromatic rings. The van der Waals surface area contributed by atoms with Crippen molar-refractivity contribution in [1.82, 2.24) is 14.5 Å². The van der Waals surface area contributed by atoms with Crippen LogP contribution in [0.5, 0.6) is 0 Å². The summed E-state index contributed by atoms with van der Waals surface area (Å²) in [6, 6.07) is 11.0. The van der Waals surface area contributed by atoms with Gasteiger partial charge in [0, 0.05) is 49.2 Å². The fraction of sp³-hybridized carbons (Fsp3) is 0.318. The Hall–Kier alpha value is -2.79. The van der Waals surface area contributed by atoms with Crippen molar-refractivity contribution < 1.29 is 0 Å². The molecule has 0 unspecified atom stereocenters. The van der Waals surface area contributed by atoms with E-state index in [4.69, 9.17) is 5.73 Å². The highest BCUT2D eigenvalue weighted by Crippen LogP contribution is 2.41. The third-order valence-corrected chi connectivity index (χ3v) is 6.00. The first-order valence-corrected chi connectivity index (χ1v) is 9.55. The maximum atomic E-state index is 5.68. The molecule has 2 aromatic heterocycles. The fourth-order valence-corrected chi connectivity index (χ4v) is 4.71. The molecule has 0 amide bonds. The summed E-state index contributed by atoms with van der Waals surface area (Å²) in [6.07, 6.45) is 7.70. The van der Waals surface area contributed by atoms with E-state index in [1.165, 1.54) is 27.6 Å². The van der Waals surface area contributed by atoms with Crippen LogP contribution in [-0.4, -0.2) is 40.6 Å². The van der Waals surface area contributed by atoms with Gasteiger partial charge in [-0.25, -0.2) is 4.98 Å². The largest absolute Gasteiger partial charge is 0.384 e. The lowest BCUT2D eigenvalue weighted by atomic mass is 9.80. The van der Waals surface area contributed by atoms with Crippen LogP contribution < -0.4 is 11.1 Å². The summed E-state index contributed by atoms with van der Waals surface area (Å²) >= 11 is 0. The maximum absolute atomic E-state index is 5.68. The van der Waals surface area contributed by atoms with Crippen molar-refractivity contribution in [3.63, 3.8) is 0 Å². The van der Waals surface area contributed by atoms with Gasteiger partial charge in [-0.05, 0) is 48.4 Å². The van der Waals surface area contributed by atoms with Gasteiger partial charge in [0.05, 0.1) is 11.9 Å². The van der Waals surface area contributed by atoms with E-state index >= 15 is 0 Å². The first-order valence-electron chi connectivity index (χ1n) is 9.55. The van der Waals surface area contributed by atoms with Crippen molar-refractivity contribution in [2.45, 2.75) is 12.5 Å². The van der Waals surface area contributed by atoms with E-state index in [9.17, 15) is 0 Å². The number of aryl methyl sites for hydroxylation is 1. The summed E-state index contributed by atoms with van der Waals surface area (Å²) in [5.74, 6) is 1.01. The van der Waals surface area contributed by atoms with E-state index < -0.39 is 0 Å². The molecule has 0 saturated carbocycles. The van der Waals surface area contributed by atoms with Gasteiger partial charge < -0.3 is 15.6 Å². The number of rotatable bonds is 3. The number of fused-ring (bicyclic) bond motifs is 2. The average Bonchev–Trinajstić information content (AvgIpc) is 2.99. The predicted octanol–water partition coefficient (Wildman–Crippen LogP) is 3.14. The molecule has 0 radical (unpaired) electrons. The van der Waals surface area contributed by atoms with Crippen LogP contribution in [0.2, 0.25) is 0 Å². The fourth-order valence-electron chi connectivity index (χ4n) is 4.71. The molecule has 1 aliphatic heterocycles. The summed E-state index contributed by atoms with van der Waals surface area (Å²) < 4.78 is 2.26. The topological polar surface area (TPSA) is 59.1 Å². The molecule has 0 spiro atoms. The zero-order chi connectivity index (χ0) is 18.5. The molecule has 27 heavy (non-hydrogen) atoms. The van der Waals surface area contributed by atoms with E-state index in [2.05, 4.69) is 64.3 Å². The van der Waals surface area contributed by atoms with Gasteiger partial charge in [-0.3, -0.25) is 4.90 Å². The zero-order valence-electron chi connectivity index (χ0n) is 15.8. The van der Waals surface area contributed by atoms with Gasteiger partial charge in [-0.2, -0.15) is 0 Å². The normalized spacial score (nSPS) is 21.8. The SMILES string of the molecule is CN1C[C@H](CNc2ccc(N)nc2)C=C2c3cccc4c3c(cn4C)C[C@H]21. The van der Waals surface area contributed by atoms with Gasteiger partial charge in [0.1, 0.15) is 5.82 Å². The van der Waals surface area contributed by atoms with Gasteiger partial charge in [0.15, 0.2) is 0 Å². The Kier molecular flexibility index (Phi) is 3.72. The minimum absolute atomic E-state index is 0.458. The van der Waals surface area contributed by atoms with Crippen LogP contribution in [0, 0.1) is 5.92 Å². The van der Waals surface area contributed by atoms with E-state index in [-0.39, 0.29) is 0 Å². The highest BCUT2D eigenvalue weighted by atomic mass is 15.1. The number of nitrogens with two attached hydrogens (primary N) is 1. The van der Waals surface area contributed by atoms with Crippen molar-refractivity contribution in [3.05, 3.63) is 59.9 Å². The van der Waals surface area contributed by atoms with Crippen molar-refractivity contribution in [2.24, 2.45) is 13.0 Å². The van der Waals surface area contributed by atoms with Gasteiger partial charge >= 0.3 is 0 Å². The second kappa shape index (κ2) is 6.13. The van der Waals surface area contributed by atoms with Gasteiger partial charge in [0.25, 0.3) is 0 Å². The highest BCUT2D eigenvalue weighted by molar-refractivity contribution is 5.98. The van der Waals surface area contributed by atoms with Crippen molar-refractivity contribution >= 4 is 28.0 Å². The lowest BCUT2D eigenvalue weighted by Gasteiger charge is -2.40. The minimum atomic E-state index is 0.458. The quantitative estimate of drug-likeness (QED) is 0.754. The van der Waals surface area contributed by atoms with Crippen LogP contribution in [0.25, 0.3) is 16.5 Å². The number of hydrogen-bond donors (Lipinski definition) is 2. The molecule has 2 aliphatic rings. The molecule has 1 aliphatic carbocycles. The lowest BCUT2D eigenvalue weighted by Crippen LogP contribution is -2.43. The molecule has 0 saturated heterocycles. The summed E-state index contributed by atoms with van der Waals surface area (Å²) in [5, 5.41) is 4.95. The molecule has 3 N–H and O–H groups in total. The molecule has 5 rings (SSSR count). The van der Waals surface area contributed by atoms with Crippen molar-refractivity contribution in [1.29, 1.82) is 0 Å². The highest BCUT2D eigenvalue weighted by Gasteiger charge is 2.33. The number of likely N-dealkylation sites (N-methyl/N-ethyl adjacent to an activating group) is 1. The van der Waals surface area contributed by atoms with Crippen LogP contribution in [0.15, 0.2) is 48.8 Å². The Balaban J connectivity index is 1.47. The number of nitrogen functional groups attached to an aromatic ring is 1. The summed E-state index contributed by atoms with van der Waals surface area (Å²) in [7, 11) is 4.40. The van der Waals surface area contributed by atoms with Crippen LogP contribution in [0.4, 0.5) is 11.5 Å². The number of anilines is 2. The Morgan fingerprint density at radius 3 is 2.93 bits per heavy atom. The molecular weight excluding hydrogens is 334 g/mol. The van der Waals surface area contributed by atoms with Crippen molar-refractivity contribution in [3.8, 4) is 0 Å². The third kappa shape index (κ3) is 2.70. The first-order chi connectivity index (χ1) is 13.1. The Bertz CT molecular complexity index is 1030. The van der Waals surface area contributed by atoms with Crippen LogP contribution in [0.3, 0.4) is 0 Å². The molecule has 0 fully saturated rings. The molecule has 2 atom stereocenters. The van der Waals surface area contributed by atoms with E-state index in [1.54, 1.807) is 6.20 Å². The van der Waals surface area contributed by atoms with Gasteiger partial charge in [0.2, 0.25) is 0 Å². The summed E-state index contributed by atoms with van der Waals surface area (Å²) in [6.45, 7) is 1.95. The van der Waals surface area contributed by atoms with Gasteiger partial charge in [-0.1, -0.05) is 18.2 Å². The standard InChI is InChI=1S/C22H25N5/c1-26-12-14(10-24-16-6-7-21(23)25-11-16)8-18-17-4-3-5-19-22(17)15(9-20(18)26)13-27(19)2/h3-8,11,13-14,20,24H,9-10,12H2,1-2H3,(H2,23,25)/t14-,20+/m0/s1. The first kappa shape index (κ1) is 16.4. The van der Waals surface area contributed by atoms with Crippen LogP contribution in [-0.2, 0) is 13.5 Å². The number of nitrogens with zero attached hydrogens (tertiary/aromatic N) is 3. The van der Waals surface area contributed by atoms with E-state index in [0.29, 0.717) is 17.8 Å². The number of hydrogen-bond acceptors (Lipinski definition) is 4. The Morgan fingerprint density at radius 1 is 1.22 bits per heavy atom. The van der Waals surface area contributed by atoms with Crippen molar-refractivity contribution in [2.75, 3.05) is 31.2 Å². The predicted molar refractivity (Wildman–Crippen MR) is 112 cm³/mol. The Morgan fingerprint density at radius 2 is 2.11 bits per heavy atom. The molecule has 5 heteroatoms. The van der Waals surface area contributed by atoms with E-state index in [0.717, 1.165) is 25.2 Å². The molecule has 138 valence electrons. The second-order valence-corrected chi connectivity index (χ2v) is 7.86. The monoisotopic (exact) mass is 359 g/mol. The molecule has 1 aromatic carbocycles. The molecule has 5 nitrogen and oxygen atoms in total. The summed E-state index contributed by atoms with van der Waals surface area (Å²) in [4.78, 5) is 6.68. The lowest BCUT2D eigenvalue weighted by molar-refractivity contribution is 0.249. The van der Waals surface area contributed by atoms with Crippen LogP contribution >= 0.6 is 0 Å². The molecule has 3 heterocycles. The average molecular weight is 359 g/mol. The second-order valence-electron chi connectivity index (χ2n) is 7.86. The smallest absolute Gasteiger partial charge is 0.123 e.